The molecule has 6 nitrogen and oxygen atoms in total. The molecule has 1 fully saturated rings. The van der Waals surface area contributed by atoms with Gasteiger partial charge in [-0.2, -0.15) is 4.31 Å². The van der Waals surface area contributed by atoms with Crippen molar-refractivity contribution < 1.29 is 13.2 Å². The highest BCUT2D eigenvalue weighted by Crippen LogP contribution is 2.23. The highest BCUT2D eigenvalue weighted by Gasteiger charge is 2.31. The molecule has 1 aliphatic rings. The van der Waals surface area contributed by atoms with E-state index in [9.17, 15) is 13.2 Å². The molecular formula is C17H27N3O3S. The number of hydrogen-bond acceptors (Lipinski definition) is 4. The van der Waals surface area contributed by atoms with Gasteiger partial charge in [-0.15, -0.1) is 0 Å². The van der Waals surface area contributed by atoms with E-state index in [-0.39, 0.29) is 11.9 Å². The van der Waals surface area contributed by atoms with E-state index in [1.54, 1.807) is 19.1 Å². The summed E-state index contributed by atoms with van der Waals surface area (Å²) in [6.07, 6.45) is 1.02. The van der Waals surface area contributed by atoms with Gasteiger partial charge in [0.1, 0.15) is 0 Å². The molecule has 2 N–H and O–H groups in total. The van der Waals surface area contributed by atoms with E-state index in [0.29, 0.717) is 37.0 Å². The zero-order valence-electron chi connectivity index (χ0n) is 14.6. The molecule has 1 amide bonds. The molecule has 134 valence electrons. The van der Waals surface area contributed by atoms with Gasteiger partial charge >= 0.3 is 0 Å². The molecule has 0 spiro atoms. The van der Waals surface area contributed by atoms with Crippen LogP contribution in [0.1, 0.15) is 38.7 Å². The van der Waals surface area contributed by atoms with Crippen molar-refractivity contribution in [3.63, 3.8) is 0 Å². The van der Waals surface area contributed by atoms with Gasteiger partial charge in [0.25, 0.3) is 0 Å². The summed E-state index contributed by atoms with van der Waals surface area (Å²) in [5, 5.41) is 0. The fraction of sp³-hybridized carbons (Fsp3) is 0.588. The van der Waals surface area contributed by atoms with Crippen LogP contribution in [-0.2, 0) is 14.8 Å². The maximum atomic E-state index is 12.8. The molecule has 1 heterocycles. The minimum atomic E-state index is -3.49. The predicted molar refractivity (Wildman–Crippen MR) is 94.1 cm³/mol. The van der Waals surface area contributed by atoms with Crippen LogP contribution in [0.25, 0.3) is 0 Å². The Morgan fingerprint density at radius 1 is 1.12 bits per heavy atom. The Morgan fingerprint density at radius 2 is 1.67 bits per heavy atom. The van der Waals surface area contributed by atoms with Gasteiger partial charge in [-0.3, -0.25) is 9.69 Å². The van der Waals surface area contributed by atoms with Crippen LogP contribution in [0.15, 0.2) is 29.2 Å². The summed E-state index contributed by atoms with van der Waals surface area (Å²) >= 11 is 0. The van der Waals surface area contributed by atoms with Crippen molar-refractivity contribution in [2.45, 2.75) is 44.0 Å². The van der Waals surface area contributed by atoms with E-state index in [1.807, 2.05) is 17.0 Å². The average molecular weight is 353 g/mol. The maximum Gasteiger partial charge on any atom is 0.243 e. The number of piperazine rings is 1. The van der Waals surface area contributed by atoms with Gasteiger partial charge in [0.15, 0.2) is 0 Å². The summed E-state index contributed by atoms with van der Waals surface area (Å²) in [7, 11) is -3.49. The summed E-state index contributed by atoms with van der Waals surface area (Å²) in [6, 6.07) is 6.80. The normalized spacial score (nSPS) is 19.8. The Kier molecular flexibility index (Phi) is 6.01. The van der Waals surface area contributed by atoms with Crippen LogP contribution in [0.3, 0.4) is 0 Å². The van der Waals surface area contributed by atoms with Crippen molar-refractivity contribution in [1.29, 1.82) is 0 Å². The molecule has 0 saturated carbocycles. The molecule has 0 aromatic heterocycles. The van der Waals surface area contributed by atoms with Gasteiger partial charge in [-0.25, -0.2) is 8.42 Å². The van der Waals surface area contributed by atoms with Gasteiger partial charge in [-0.1, -0.05) is 26.0 Å². The van der Waals surface area contributed by atoms with Crippen LogP contribution in [-0.4, -0.2) is 55.8 Å². The van der Waals surface area contributed by atoms with Crippen molar-refractivity contribution in [3.05, 3.63) is 29.8 Å². The molecule has 0 bridgehead atoms. The standard InChI is InChI=1S/C17H27N3O3S/c1-4-13(2)15-5-7-16(8-6-15)24(22,23)20-11-9-19(10-12-20)14(3)17(18)21/h5-8,13-14H,4,9-12H2,1-3H3,(H2,18,21)/t13-,14-/m0/s1. The Labute approximate surface area is 144 Å². The third-order valence-electron chi connectivity index (χ3n) is 4.93. The SMILES string of the molecule is CC[C@H](C)c1ccc(S(=O)(=O)N2CCN([C@@H](C)C(N)=O)CC2)cc1. The third kappa shape index (κ3) is 3.96. The maximum absolute atomic E-state index is 12.8. The minimum Gasteiger partial charge on any atom is -0.368 e. The number of primary amides is 1. The Bertz CT molecular complexity index is 665. The van der Waals surface area contributed by atoms with Crippen LogP contribution in [0.2, 0.25) is 0 Å². The highest BCUT2D eigenvalue weighted by atomic mass is 32.2. The van der Waals surface area contributed by atoms with E-state index in [0.717, 1.165) is 12.0 Å². The molecule has 2 rings (SSSR count). The quantitative estimate of drug-likeness (QED) is 0.837. The number of hydrogen-bond donors (Lipinski definition) is 1. The van der Waals surface area contributed by atoms with Gasteiger partial charge in [0.05, 0.1) is 10.9 Å². The molecule has 0 radical (unpaired) electrons. The van der Waals surface area contributed by atoms with Gasteiger partial charge in [0, 0.05) is 26.2 Å². The average Bonchev–Trinajstić information content (AvgIpc) is 2.60. The van der Waals surface area contributed by atoms with Gasteiger partial charge in [-0.05, 0) is 37.0 Å². The first-order valence-corrected chi connectivity index (χ1v) is 9.84. The van der Waals surface area contributed by atoms with E-state index in [4.69, 9.17) is 5.73 Å². The first-order chi connectivity index (χ1) is 11.3. The molecule has 24 heavy (non-hydrogen) atoms. The zero-order chi connectivity index (χ0) is 17.9. The number of carbonyl (C=O) groups is 1. The molecule has 2 atom stereocenters. The monoisotopic (exact) mass is 353 g/mol. The molecular weight excluding hydrogens is 326 g/mol. The third-order valence-corrected chi connectivity index (χ3v) is 6.84. The molecule has 1 aliphatic heterocycles. The molecule has 1 aromatic rings. The topological polar surface area (TPSA) is 83.7 Å². The molecule has 1 saturated heterocycles. The fourth-order valence-corrected chi connectivity index (χ4v) is 4.29. The second kappa shape index (κ2) is 7.63. The van der Waals surface area contributed by atoms with Crippen LogP contribution in [0, 0.1) is 0 Å². The lowest BCUT2D eigenvalue weighted by Crippen LogP contribution is -2.54. The lowest BCUT2D eigenvalue weighted by molar-refractivity contribution is -0.123. The van der Waals surface area contributed by atoms with E-state index < -0.39 is 10.0 Å². The fourth-order valence-electron chi connectivity index (χ4n) is 2.86. The van der Waals surface area contributed by atoms with Crippen molar-refractivity contribution in [1.82, 2.24) is 9.21 Å². The summed E-state index contributed by atoms with van der Waals surface area (Å²) in [5.74, 6) is 0.0347. The van der Waals surface area contributed by atoms with Gasteiger partial charge in [0.2, 0.25) is 15.9 Å². The lowest BCUT2D eigenvalue weighted by atomic mass is 9.99. The van der Waals surface area contributed by atoms with E-state index in [1.165, 1.54) is 4.31 Å². The summed E-state index contributed by atoms with van der Waals surface area (Å²) < 4.78 is 27.0. The molecule has 0 unspecified atom stereocenters. The smallest absolute Gasteiger partial charge is 0.243 e. The first-order valence-electron chi connectivity index (χ1n) is 8.40. The predicted octanol–water partition coefficient (Wildman–Crippen LogP) is 1.38. The highest BCUT2D eigenvalue weighted by molar-refractivity contribution is 7.89. The van der Waals surface area contributed by atoms with Crippen LogP contribution >= 0.6 is 0 Å². The van der Waals surface area contributed by atoms with E-state index in [2.05, 4.69) is 13.8 Å². The van der Waals surface area contributed by atoms with Crippen molar-refractivity contribution in [3.8, 4) is 0 Å². The number of rotatable bonds is 6. The Hall–Kier alpha value is -1.44. The Morgan fingerprint density at radius 3 is 2.12 bits per heavy atom. The van der Waals surface area contributed by atoms with Crippen molar-refractivity contribution in [2.24, 2.45) is 5.73 Å². The Balaban J connectivity index is 2.08. The number of amides is 1. The number of nitrogens with two attached hydrogens (primary N) is 1. The minimum absolute atomic E-state index is 0.325. The van der Waals surface area contributed by atoms with Crippen molar-refractivity contribution in [2.75, 3.05) is 26.2 Å². The molecule has 7 heteroatoms. The summed E-state index contributed by atoms with van der Waals surface area (Å²) in [4.78, 5) is 13.5. The number of carbonyl (C=O) groups excluding carboxylic acids is 1. The lowest BCUT2D eigenvalue weighted by Gasteiger charge is -2.36. The number of sulfonamides is 1. The van der Waals surface area contributed by atoms with Crippen LogP contribution in [0.4, 0.5) is 0 Å². The largest absolute Gasteiger partial charge is 0.368 e. The second-order valence-corrected chi connectivity index (χ2v) is 8.33. The zero-order valence-corrected chi connectivity index (χ0v) is 15.4. The van der Waals surface area contributed by atoms with Gasteiger partial charge < -0.3 is 5.73 Å². The van der Waals surface area contributed by atoms with Crippen LogP contribution < -0.4 is 5.73 Å². The van der Waals surface area contributed by atoms with Crippen LogP contribution in [0.5, 0.6) is 0 Å². The number of nitrogens with zero attached hydrogens (tertiary/aromatic N) is 2. The molecule has 0 aliphatic carbocycles. The number of benzene rings is 1. The summed E-state index contributed by atoms with van der Waals surface area (Å²) in [6.45, 7) is 7.74. The van der Waals surface area contributed by atoms with Crippen molar-refractivity contribution >= 4 is 15.9 Å². The molecule has 1 aromatic carbocycles. The first kappa shape index (κ1) is 18.9. The summed E-state index contributed by atoms with van der Waals surface area (Å²) in [5.41, 5.74) is 6.47. The second-order valence-electron chi connectivity index (χ2n) is 6.40. The van der Waals surface area contributed by atoms with E-state index >= 15 is 0 Å².